The first-order valence-corrected chi connectivity index (χ1v) is 9.99. The first-order valence-electron chi connectivity index (χ1n) is 9.99. The van der Waals surface area contributed by atoms with Gasteiger partial charge in [0.15, 0.2) is 0 Å². The largest absolute Gasteiger partial charge is 0.394 e. The Kier molecular flexibility index (Phi) is 7.41. The number of aliphatic hydroxyl groups excluding tert-OH is 1. The Labute approximate surface area is 161 Å². The minimum absolute atomic E-state index is 0.0900. The maximum absolute atomic E-state index is 13.2. The van der Waals surface area contributed by atoms with Crippen molar-refractivity contribution in [1.29, 1.82) is 0 Å². The summed E-state index contributed by atoms with van der Waals surface area (Å²) < 4.78 is 0. The Bertz CT molecular complexity index is 592. The van der Waals surface area contributed by atoms with Crippen LogP contribution in [-0.4, -0.2) is 60.0 Å². The summed E-state index contributed by atoms with van der Waals surface area (Å²) in [5.74, 6) is -2.16. The molecule has 1 heterocycles. The highest BCUT2D eigenvalue weighted by atomic mass is 16.3. The van der Waals surface area contributed by atoms with Crippen LogP contribution < -0.4 is 10.6 Å². The van der Waals surface area contributed by atoms with Gasteiger partial charge in [0.1, 0.15) is 6.04 Å². The lowest BCUT2D eigenvalue weighted by Gasteiger charge is -2.32. The second kappa shape index (κ2) is 9.35. The molecule has 1 aliphatic heterocycles. The number of hydrogen-bond donors (Lipinski definition) is 3. The summed E-state index contributed by atoms with van der Waals surface area (Å²) in [6.45, 7) is 6.08. The first-order chi connectivity index (χ1) is 12.9. The minimum atomic E-state index is -0.692. The number of carbonyl (C=O) groups excluding carboxylic acids is 3. The van der Waals surface area contributed by atoms with Gasteiger partial charge in [-0.05, 0) is 19.3 Å². The molecule has 0 saturated carbocycles. The fourth-order valence-corrected chi connectivity index (χ4v) is 4.36. The Morgan fingerprint density at radius 2 is 1.96 bits per heavy atom. The van der Waals surface area contributed by atoms with E-state index in [1.165, 1.54) is 4.90 Å². The minimum Gasteiger partial charge on any atom is -0.394 e. The average Bonchev–Trinajstić information content (AvgIpc) is 2.96. The quantitative estimate of drug-likeness (QED) is 0.427. The Morgan fingerprint density at radius 3 is 2.56 bits per heavy atom. The van der Waals surface area contributed by atoms with Gasteiger partial charge < -0.3 is 20.6 Å². The number of rotatable bonds is 8. The van der Waals surface area contributed by atoms with Gasteiger partial charge >= 0.3 is 0 Å². The van der Waals surface area contributed by atoms with Crippen LogP contribution in [0.1, 0.15) is 40.0 Å². The number of nitrogens with zero attached hydrogens (tertiary/aromatic N) is 1. The topological polar surface area (TPSA) is 98.7 Å². The molecule has 0 bridgehead atoms. The van der Waals surface area contributed by atoms with Crippen molar-refractivity contribution >= 4 is 17.7 Å². The molecule has 1 fully saturated rings. The van der Waals surface area contributed by atoms with E-state index < -0.39 is 23.9 Å². The van der Waals surface area contributed by atoms with Crippen LogP contribution in [0.4, 0.5) is 0 Å². The van der Waals surface area contributed by atoms with Crippen LogP contribution in [0.2, 0.25) is 0 Å². The molecule has 0 aromatic rings. The van der Waals surface area contributed by atoms with E-state index in [0.29, 0.717) is 6.54 Å². The molecule has 6 atom stereocenters. The molecule has 0 aromatic carbocycles. The van der Waals surface area contributed by atoms with Crippen molar-refractivity contribution in [3.63, 3.8) is 0 Å². The number of fused-ring (bicyclic) bond motifs is 1. The zero-order valence-electron chi connectivity index (χ0n) is 16.8. The van der Waals surface area contributed by atoms with Crippen LogP contribution in [0.25, 0.3) is 0 Å². The molecular formula is C20H33N3O4. The van der Waals surface area contributed by atoms with E-state index in [0.717, 1.165) is 19.3 Å². The number of amides is 3. The lowest BCUT2D eigenvalue weighted by molar-refractivity contribution is -0.142. The van der Waals surface area contributed by atoms with Crippen LogP contribution in [0, 0.1) is 23.7 Å². The van der Waals surface area contributed by atoms with Gasteiger partial charge in [-0.3, -0.25) is 14.4 Å². The van der Waals surface area contributed by atoms with Crippen LogP contribution in [0.15, 0.2) is 12.2 Å². The molecule has 3 amide bonds. The van der Waals surface area contributed by atoms with Crippen LogP contribution in [0.3, 0.4) is 0 Å². The molecule has 0 aromatic heterocycles. The highest BCUT2D eigenvalue weighted by Crippen LogP contribution is 2.44. The highest BCUT2D eigenvalue weighted by molar-refractivity contribution is 5.96. The first kappa shape index (κ1) is 21.4. The number of nitrogens with one attached hydrogen (secondary N) is 2. The van der Waals surface area contributed by atoms with Gasteiger partial charge in [-0.1, -0.05) is 38.8 Å². The molecule has 27 heavy (non-hydrogen) atoms. The molecule has 3 N–H and O–H groups in total. The number of allylic oxidation sites excluding steroid dienone is 1. The van der Waals surface area contributed by atoms with Crippen LogP contribution in [-0.2, 0) is 14.4 Å². The molecule has 2 rings (SSSR count). The second-order valence-electron chi connectivity index (χ2n) is 7.71. The second-order valence-corrected chi connectivity index (χ2v) is 7.71. The standard InChI is InChI=1S/C20H33N3O4/c1-5-6-7-10-22-19(26)17-14-9-8-12(2)15(18(25)21-4)16(14)20(27)23(17)13(3)11-24/h8-9,12-17,24H,5-7,10-11H2,1-4H3,(H,21,25)(H,22,26)/t12-,13-,14+,15-,16-,17+/m1/s1. The molecule has 7 heteroatoms. The summed E-state index contributed by atoms with van der Waals surface area (Å²) in [6.07, 6.45) is 6.82. The van der Waals surface area contributed by atoms with Gasteiger partial charge in [-0.15, -0.1) is 0 Å². The monoisotopic (exact) mass is 379 g/mol. The van der Waals surface area contributed by atoms with Crippen molar-refractivity contribution in [2.24, 2.45) is 23.7 Å². The van der Waals surface area contributed by atoms with Gasteiger partial charge in [-0.2, -0.15) is 0 Å². The molecule has 0 radical (unpaired) electrons. The van der Waals surface area contributed by atoms with Crippen LogP contribution in [0.5, 0.6) is 0 Å². The summed E-state index contributed by atoms with van der Waals surface area (Å²) >= 11 is 0. The van der Waals surface area contributed by atoms with E-state index in [2.05, 4.69) is 17.6 Å². The normalized spacial score (nSPS) is 30.8. The lowest BCUT2D eigenvalue weighted by Crippen LogP contribution is -2.51. The van der Waals surface area contributed by atoms with Crippen molar-refractivity contribution in [2.45, 2.75) is 52.1 Å². The molecule has 0 unspecified atom stereocenters. The molecule has 0 spiro atoms. The van der Waals surface area contributed by atoms with E-state index in [1.807, 2.05) is 19.1 Å². The number of unbranched alkanes of at least 4 members (excludes halogenated alkanes) is 2. The third kappa shape index (κ3) is 4.18. The summed E-state index contributed by atoms with van der Waals surface area (Å²) in [5, 5.41) is 15.2. The fourth-order valence-electron chi connectivity index (χ4n) is 4.36. The number of likely N-dealkylation sites (tertiary alicyclic amines) is 1. The van der Waals surface area contributed by atoms with Crippen molar-refractivity contribution < 1.29 is 19.5 Å². The van der Waals surface area contributed by atoms with Crippen LogP contribution >= 0.6 is 0 Å². The third-order valence-electron chi connectivity index (χ3n) is 5.85. The van der Waals surface area contributed by atoms with E-state index >= 15 is 0 Å². The SMILES string of the molecule is CCCCCNC(=O)[C@@H]1[C@H]2C=C[C@@H](C)[C@@H](C(=O)NC)[C@@H]2C(=O)N1[C@H](C)CO. The number of hydrogen-bond acceptors (Lipinski definition) is 4. The molecule has 7 nitrogen and oxygen atoms in total. The van der Waals surface area contributed by atoms with Gasteiger partial charge in [0.25, 0.3) is 0 Å². The predicted molar refractivity (Wildman–Crippen MR) is 103 cm³/mol. The van der Waals surface area contributed by atoms with Gasteiger partial charge in [0, 0.05) is 19.5 Å². The smallest absolute Gasteiger partial charge is 0.243 e. The van der Waals surface area contributed by atoms with Gasteiger partial charge in [-0.25, -0.2) is 0 Å². The Balaban J connectivity index is 2.32. The summed E-state index contributed by atoms with van der Waals surface area (Å²) in [6, 6.07) is -1.18. The van der Waals surface area contributed by atoms with Crippen molar-refractivity contribution in [2.75, 3.05) is 20.2 Å². The highest BCUT2D eigenvalue weighted by Gasteiger charge is 2.57. The van der Waals surface area contributed by atoms with E-state index in [9.17, 15) is 19.5 Å². The molecule has 1 saturated heterocycles. The maximum atomic E-state index is 13.2. The molecule has 1 aliphatic carbocycles. The van der Waals surface area contributed by atoms with Crippen molar-refractivity contribution in [3.8, 4) is 0 Å². The Hall–Kier alpha value is -1.89. The predicted octanol–water partition coefficient (Wildman–Crippen LogP) is 0.685. The van der Waals surface area contributed by atoms with E-state index in [-0.39, 0.29) is 36.2 Å². The van der Waals surface area contributed by atoms with Gasteiger partial charge in [0.2, 0.25) is 17.7 Å². The number of carbonyl (C=O) groups is 3. The number of aliphatic hydroxyl groups is 1. The Morgan fingerprint density at radius 1 is 1.26 bits per heavy atom. The van der Waals surface area contributed by atoms with Gasteiger partial charge in [0.05, 0.1) is 24.5 Å². The zero-order valence-corrected chi connectivity index (χ0v) is 16.8. The molecular weight excluding hydrogens is 346 g/mol. The van der Waals surface area contributed by atoms with Crippen molar-refractivity contribution in [1.82, 2.24) is 15.5 Å². The summed E-state index contributed by atoms with van der Waals surface area (Å²) in [4.78, 5) is 40.1. The third-order valence-corrected chi connectivity index (χ3v) is 5.85. The van der Waals surface area contributed by atoms with E-state index in [1.54, 1.807) is 14.0 Å². The van der Waals surface area contributed by atoms with Crippen molar-refractivity contribution in [3.05, 3.63) is 12.2 Å². The molecule has 152 valence electrons. The summed E-state index contributed by atoms with van der Waals surface area (Å²) in [7, 11) is 1.56. The maximum Gasteiger partial charge on any atom is 0.243 e. The van der Waals surface area contributed by atoms with E-state index in [4.69, 9.17) is 0 Å². The fraction of sp³-hybridized carbons (Fsp3) is 0.750. The lowest BCUT2D eigenvalue weighted by atomic mass is 9.70. The summed E-state index contributed by atoms with van der Waals surface area (Å²) in [5.41, 5.74) is 0. The zero-order chi connectivity index (χ0) is 20.1. The average molecular weight is 380 g/mol. The molecule has 2 aliphatic rings.